The van der Waals surface area contributed by atoms with Crippen molar-refractivity contribution in [2.75, 3.05) is 18.6 Å². The van der Waals surface area contributed by atoms with Gasteiger partial charge in [-0.25, -0.2) is 9.78 Å². The van der Waals surface area contributed by atoms with Crippen molar-refractivity contribution in [2.24, 2.45) is 0 Å². The molecule has 28 heavy (non-hydrogen) atoms. The standard InChI is InChI=1S/C20H17N5O3/c1-27-19(26)17(13-5-3-2-4-6-13)28-14-9-7-12(8-10-14)16-15(11-21)18(22)25-20(23)24-16/h2-10,17H,1H3,(H4,22,23,24,25). The van der Waals surface area contributed by atoms with Crippen LogP contribution in [0.3, 0.4) is 0 Å². The highest BCUT2D eigenvalue weighted by molar-refractivity contribution is 5.77. The summed E-state index contributed by atoms with van der Waals surface area (Å²) in [6.45, 7) is 0. The van der Waals surface area contributed by atoms with E-state index in [9.17, 15) is 10.1 Å². The molecular formula is C20H17N5O3. The summed E-state index contributed by atoms with van der Waals surface area (Å²) in [7, 11) is 1.30. The van der Waals surface area contributed by atoms with Gasteiger partial charge in [0.05, 0.1) is 12.8 Å². The molecule has 140 valence electrons. The van der Waals surface area contributed by atoms with Crippen LogP contribution >= 0.6 is 0 Å². The highest BCUT2D eigenvalue weighted by atomic mass is 16.6. The number of nitriles is 1. The number of esters is 1. The third kappa shape index (κ3) is 3.83. The molecule has 0 aliphatic carbocycles. The van der Waals surface area contributed by atoms with Gasteiger partial charge in [0.2, 0.25) is 12.1 Å². The first-order valence-corrected chi connectivity index (χ1v) is 8.26. The van der Waals surface area contributed by atoms with E-state index >= 15 is 0 Å². The second-order valence-electron chi connectivity index (χ2n) is 5.76. The van der Waals surface area contributed by atoms with Crippen LogP contribution in [0, 0.1) is 11.3 Å². The Kier molecular flexibility index (Phi) is 5.37. The summed E-state index contributed by atoms with van der Waals surface area (Å²) in [5.74, 6) is -0.0864. The Hall–Kier alpha value is -4.12. The number of carbonyl (C=O) groups excluding carboxylic acids is 1. The van der Waals surface area contributed by atoms with E-state index in [2.05, 4.69) is 9.97 Å². The normalized spacial score (nSPS) is 11.3. The summed E-state index contributed by atoms with van der Waals surface area (Å²) in [5.41, 5.74) is 13.1. The zero-order chi connectivity index (χ0) is 20.1. The molecule has 1 unspecified atom stereocenters. The highest BCUT2D eigenvalue weighted by Crippen LogP contribution is 2.29. The van der Waals surface area contributed by atoms with E-state index in [4.69, 9.17) is 20.9 Å². The topological polar surface area (TPSA) is 137 Å². The van der Waals surface area contributed by atoms with Crippen molar-refractivity contribution in [1.29, 1.82) is 5.26 Å². The Morgan fingerprint density at radius 3 is 2.36 bits per heavy atom. The molecule has 3 rings (SSSR count). The average molecular weight is 375 g/mol. The maximum absolute atomic E-state index is 12.1. The minimum atomic E-state index is -0.906. The van der Waals surface area contributed by atoms with E-state index < -0.39 is 12.1 Å². The molecule has 0 aliphatic rings. The minimum Gasteiger partial charge on any atom is -0.474 e. The number of methoxy groups -OCH3 is 1. The van der Waals surface area contributed by atoms with Gasteiger partial charge in [0.25, 0.3) is 0 Å². The van der Waals surface area contributed by atoms with Crippen molar-refractivity contribution in [3.63, 3.8) is 0 Å². The first-order chi connectivity index (χ1) is 13.5. The van der Waals surface area contributed by atoms with Crippen LogP contribution in [0.5, 0.6) is 5.75 Å². The van der Waals surface area contributed by atoms with E-state index in [0.29, 0.717) is 22.6 Å². The van der Waals surface area contributed by atoms with Crippen LogP contribution in [-0.2, 0) is 9.53 Å². The van der Waals surface area contributed by atoms with Gasteiger partial charge in [0, 0.05) is 11.1 Å². The van der Waals surface area contributed by atoms with Crippen LogP contribution in [-0.4, -0.2) is 23.0 Å². The van der Waals surface area contributed by atoms with E-state index in [0.717, 1.165) is 0 Å². The van der Waals surface area contributed by atoms with Gasteiger partial charge in [-0.05, 0) is 24.3 Å². The van der Waals surface area contributed by atoms with Crippen LogP contribution in [0.25, 0.3) is 11.3 Å². The lowest BCUT2D eigenvalue weighted by atomic mass is 10.1. The molecule has 0 saturated heterocycles. The number of nitrogens with two attached hydrogens (primary N) is 2. The Balaban J connectivity index is 1.91. The number of rotatable bonds is 5. The number of benzene rings is 2. The van der Waals surface area contributed by atoms with E-state index in [1.54, 1.807) is 36.4 Å². The van der Waals surface area contributed by atoms with Crippen LogP contribution in [0.2, 0.25) is 0 Å². The predicted molar refractivity (Wildman–Crippen MR) is 103 cm³/mol. The quantitative estimate of drug-likeness (QED) is 0.649. The van der Waals surface area contributed by atoms with Crippen molar-refractivity contribution >= 4 is 17.7 Å². The van der Waals surface area contributed by atoms with E-state index in [-0.39, 0.29) is 17.3 Å². The van der Waals surface area contributed by atoms with Gasteiger partial charge in [0.1, 0.15) is 23.2 Å². The molecule has 1 heterocycles. The summed E-state index contributed by atoms with van der Waals surface area (Å²) >= 11 is 0. The summed E-state index contributed by atoms with van der Waals surface area (Å²) < 4.78 is 10.7. The van der Waals surface area contributed by atoms with Crippen LogP contribution in [0.15, 0.2) is 54.6 Å². The van der Waals surface area contributed by atoms with Crippen molar-refractivity contribution in [1.82, 2.24) is 9.97 Å². The first kappa shape index (κ1) is 18.7. The number of ether oxygens (including phenoxy) is 2. The fraction of sp³-hybridized carbons (Fsp3) is 0.100. The summed E-state index contributed by atoms with van der Waals surface area (Å²) in [5, 5.41) is 9.31. The monoisotopic (exact) mass is 375 g/mol. The molecule has 0 amide bonds. The SMILES string of the molecule is COC(=O)C(Oc1ccc(-c2nc(N)nc(N)c2C#N)cc1)c1ccccc1. The molecule has 8 nitrogen and oxygen atoms in total. The molecule has 3 aromatic rings. The van der Waals surface area contributed by atoms with Crippen LogP contribution in [0.4, 0.5) is 11.8 Å². The largest absolute Gasteiger partial charge is 0.474 e. The maximum atomic E-state index is 12.1. The Morgan fingerprint density at radius 2 is 1.75 bits per heavy atom. The molecular weight excluding hydrogens is 358 g/mol. The Bertz CT molecular complexity index is 1030. The third-order valence-corrected chi connectivity index (χ3v) is 3.97. The second-order valence-corrected chi connectivity index (χ2v) is 5.76. The lowest BCUT2D eigenvalue weighted by molar-refractivity contribution is -0.149. The van der Waals surface area contributed by atoms with Gasteiger partial charge >= 0.3 is 5.97 Å². The molecule has 0 radical (unpaired) electrons. The number of aromatic nitrogens is 2. The zero-order valence-electron chi connectivity index (χ0n) is 15.0. The molecule has 2 aromatic carbocycles. The number of nitrogen functional groups attached to an aromatic ring is 2. The molecule has 0 aliphatic heterocycles. The summed E-state index contributed by atoms with van der Waals surface area (Å²) in [6, 6.07) is 17.7. The summed E-state index contributed by atoms with van der Waals surface area (Å²) in [6.07, 6.45) is -0.906. The fourth-order valence-electron chi connectivity index (χ4n) is 2.63. The number of anilines is 2. The van der Waals surface area contributed by atoms with Gasteiger partial charge in [0.15, 0.2) is 0 Å². The lowest BCUT2D eigenvalue weighted by Crippen LogP contribution is -2.20. The van der Waals surface area contributed by atoms with Crippen molar-refractivity contribution in [3.8, 4) is 23.1 Å². The first-order valence-electron chi connectivity index (χ1n) is 8.26. The molecule has 1 aromatic heterocycles. The van der Waals surface area contributed by atoms with Gasteiger partial charge < -0.3 is 20.9 Å². The highest BCUT2D eigenvalue weighted by Gasteiger charge is 2.23. The molecule has 4 N–H and O–H groups in total. The lowest BCUT2D eigenvalue weighted by Gasteiger charge is -2.17. The van der Waals surface area contributed by atoms with Gasteiger partial charge in [-0.2, -0.15) is 10.2 Å². The molecule has 0 fully saturated rings. The van der Waals surface area contributed by atoms with E-state index in [1.165, 1.54) is 7.11 Å². The zero-order valence-corrected chi connectivity index (χ0v) is 15.0. The van der Waals surface area contributed by atoms with Gasteiger partial charge in [-0.1, -0.05) is 30.3 Å². The molecule has 1 atom stereocenters. The number of hydrogen-bond acceptors (Lipinski definition) is 8. The number of hydrogen-bond donors (Lipinski definition) is 2. The van der Waals surface area contributed by atoms with Gasteiger partial charge in [-0.3, -0.25) is 0 Å². The third-order valence-electron chi connectivity index (χ3n) is 3.97. The second kappa shape index (κ2) is 8.05. The van der Waals surface area contributed by atoms with Crippen molar-refractivity contribution in [3.05, 3.63) is 65.7 Å². The van der Waals surface area contributed by atoms with Gasteiger partial charge in [-0.15, -0.1) is 0 Å². The fourth-order valence-corrected chi connectivity index (χ4v) is 2.63. The smallest absolute Gasteiger partial charge is 0.351 e. The maximum Gasteiger partial charge on any atom is 0.351 e. The van der Waals surface area contributed by atoms with Crippen LogP contribution < -0.4 is 16.2 Å². The van der Waals surface area contributed by atoms with Crippen LogP contribution in [0.1, 0.15) is 17.2 Å². The minimum absolute atomic E-state index is 0.0140. The van der Waals surface area contributed by atoms with E-state index in [1.807, 2.05) is 24.3 Å². The number of carbonyl (C=O) groups is 1. The van der Waals surface area contributed by atoms with Crippen molar-refractivity contribution < 1.29 is 14.3 Å². The molecule has 0 spiro atoms. The average Bonchev–Trinajstić information content (AvgIpc) is 2.72. The summed E-state index contributed by atoms with van der Waals surface area (Å²) in [4.78, 5) is 20.0. The van der Waals surface area contributed by atoms with Crippen molar-refractivity contribution in [2.45, 2.75) is 6.10 Å². The predicted octanol–water partition coefficient (Wildman–Crippen LogP) is 2.47. The Morgan fingerprint density at radius 1 is 1.07 bits per heavy atom. The Labute approximate surface area is 161 Å². The number of nitrogens with zero attached hydrogens (tertiary/aromatic N) is 3. The molecule has 8 heteroatoms. The molecule has 0 bridgehead atoms. The molecule has 0 saturated carbocycles.